The summed E-state index contributed by atoms with van der Waals surface area (Å²) in [4.78, 5) is 34.5. The van der Waals surface area contributed by atoms with E-state index < -0.39 is 36.0 Å². The molecule has 3 N–H and O–H groups in total. The molecule has 118 valence electrons. The maximum absolute atomic E-state index is 12.1. The number of rotatable bonds is 4. The van der Waals surface area contributed by atoms with Crippen LogP contribution in [-0.4, -0.2) is 35.1 Å². The fourth-order valence-electron chi connectivity index (χ4n) is 2.28. The summed E-state index contributed by atoms with van der Waals surface area (Å²) < 4.78 is 5.04. The van der Waals surface area contributed by atoms with Crippen molar-refractivity contribution in [2.24, 2.45) is 0 Å². The highest BCUT2D eigenvalue weighted by molar-refractivity contribution is 6.32. The van der Waals surface area contributed by atoms with E-state index in [0.29, 0.717) is 16.3 Å². The Hall–Kier alpha value is -2.12. The van der Waals surface area contributed by atoms with Crippen LogP contribution in [0.5, 0.6) is 0 Å². The van der Waals surface area contributed by atoms with Gasteiger partial charge < -0.3 is 15.2 Å². The maximum Gasteiger partial charge on any atom is 0.320 e. The maximum atomic E-state index is 12.1. The van der Waals surface area contributed by atoms with E-state index in [2.05, 4.69) is 10.6 Å². The summed E-state index contributed by atoms with van der Waals surface area (Å²) in [6, 6.07) is 3.10. The van der Waals surface area contributed by atoms with Crippen LogP contribution in [0.4, 0.5) is 5.69 Å². The zero-order chi connectivity index (χ0) is 16.4. The predicted molar refractivity (Wildman–Crippen MR) is 78.6 cm³/mol. The number of nitrogens with one attached hydrogen (secondary N) is 2. The van der Waals surface area contributed by atoms with Crippen LogP contribution in [0.3, 0.4) is 0 Å². The number of fused-ring (bicyclic) bond motifs is 1. The van der Waals surface area contributed by atoms with Crippen molar-refractivity contribution in [2.75, 3.05) is 5.32 Å². The van der Waals surface area contributed by atoms with Gasteiger partial charge in [-0.1, -0.05) is 17.7 Å². The minimum atomic E-state index is -1.20. The number of ether oxygens (including phenoxy) is 1. The SMILES string of the molecule is CC(=O)OC1C(=O)Nc2cccc(Cl)c2C1NC(C)C(=O)O. The van der Waals surface area contributed by atoms with Crippen LogP contribution in [0.15, 0.2) is 18.2 Å². The molecule has 0 bridgehead atoms. The zero-order valence-corrected chi connectivity index (χ0v) is 12.7. The van der Waals surface area contributed by atoms with Gasteiger partial charge in [0.2, 0.25) is 0 Å². The lowest BCUT2D eigenvalue weighted by Gasteiger charge is -2.34. The van der Waals surface area contributed by atoms with E-state index in [0.717, 1.165) is 0 Å². The molecule has 0 spiro atoms. The number of carbonyl (C=O) groups is 3. The number of carbonyl (C=O) groups excluding carboxylic acids is 2. The summed E-state index contributed by atoms with van der Waals surface area (Å²) in [7, 11) is 0. The summed E-state index contributed by atoms with van der Waals surface area (Å²) in [6.07, 6.45) is -1.20. The molecular weight excluding hydrogens is 312 g/mol. The molecule has 0 aliphatic carbocycles. The van der Waals surface area contributed by atoms with Crippen LogP contribution in [0.25, 0.3) is 0 Å². The Morgan fingerprint density at radius 2 is 2.14 bits per heavy atom. The fourth-order valence-corrected chi connectivity index (χ4v) is 2.57. The van der Waals surface area contributed by atoms with Crippen molar-refractivity contribution in [3.05, 3.63) is 28.8 Å². The van der Waals surface area contributed by atoms with E-state index in [9.17, 15) is 14.4 Å². The third kappa shape index (κ3) is 3.20. The Kier molecular flexibility index (Phi) is 4.68. The average Bonchev–Trinajstić information content (AvgIpc) is 2.41. The number of hydrogen-bond acceptors (Lipinski definition) is 5. The number of aliphatic carboxylic acids is 1. The third-order valence-electron chi connectivity index (χ3n) is 3.28. The first-order valence-electron chi connectivity index (χ1n) is 6.56. The zero-order valence-electron chi connectivity index (χ0n) is 11.9. The van der Waals surface area contributed by atoms with Gasteiger partial charge in [0.1, 0.15) is 6.04 Å². The minimum Gasteiger partial charge on any atom is -0.480 e. The Balaban J connectivity index is 2.46. The molecular formula is C14H15ClN2O5. The van der Waals surface area contributed by atoms with Gasteiger partial charge in [-0.2, -0.15) is 0 Å². The highest BCUT2D eigenvalue weighted by Crippen LogP contribution is 2.37. The molecule has 3 atom stereocenters. The number of anilines is 1. The molecule has 1 aromatic carbocycles. The number of halogens is 1. The molecule has 1 aromatic rings. The first kappa shape index (κ1) is 16.3. The van der Waals surface area contributed by atoms with Crippen LogP contribution in [0.1, 0.15) is 25.5 Å². The van der Waals surface area contributed by atoms with E-state index in [4.69, 9.17) is 21.4 Å². The van der Waals surface area contributed by atoms with Gasteiger partial charge in [0.05, 0.1) is 6.04 Å². The van der Waals surface area contributed by atoms with Crippen LogP contribution < -0.4 is 10.6 Å². The van der Waals surface area contributed by atoms with Gasteiger partial charge in [-0.3, -0.25) is 19.7 Å². The van der Waals surface area contributed by atoms with Crippen molar-refractivity contribution in [2.45, 2.75) is 32.0 Å². The van der Waals surface area contributed by atoms with Gasteiger partial charge in [0, 0.05) is 23.2 Å². The van der Waals surface area contributed by atoms with E-state index in [1.807, 2.05) is 0 Å². The van der Waals surface area contributed by atoms with Gasteiger partial charge >= 0.3 is 11.9 Å². The first-order valence-corrected chi connectivity index (χ1v) is 6.94. The molecule has 0 fully saturated rings. The molecule has 7 nitrogen and oxygen atoms in total. The second-order valence-corrected chi connectivity index (χ2v) is 5.33. The van der Waals surface area contributed by atoms with E-state index in [-0.39, 0.29) is 0 Å². The largest absolute Gasteiger partial charge is 0.480 e. The van der Waals surface area contributed by atoms with Crippen LogP contribution >= 0.6 is 11.6 Å². The Bertz CT molecular complexity index is 634. The Morgan fingerprint density at radius 1 is 1.45 bits per heavy atom. The predicted octanol–water partition coefficient (Wildman–Crippen LogP) is 1.33. The fraction of sp³-hybridized carbons (Fsp3) is 0.357. The highest BCUT2D eigenvalue weighted by Gasteiger charge is 2.40. The smallest absolute Gasteiger partial charge is 0.320 e. The van der Waals surface area contributed by atoms with Gasteiger partial charge in [0.25, 0.3) is 5.91 Å². The molecule has 22 heavy (non-hydrogen) atoms. The molecule has 0 saturated heterocycles. The molecule has 3 unspecified atom stereocenters. The Morgan fingerprint density at radius 3 is 2.73 bits per heavy atom. The molecule has 8 heteroatoms. The lowest BCUT2D eigenvalue weighted by atomic mass is 9.94. The number of benzene rings is 1. The first-order chi connectivity index (χ1) is 10.3. The summed E-state index contributed by atoms with van der Waals surface area (Å²) in [5.74, 6) is -2.29. The lowest BCUT2D eigenvalue weighted by molar-refractivity contribution is -0.154. The molecule has 2 rings (SSSR count). The molecule has 1 heterocycles. The molecule has 1 amide bonds. The number of hydrogen-bond donors (Lipinski definition) is 3. The van der Waals surface area contributed by atoms with Gasteiger partial charge in [0.15, 0.2) is 6.10 Å². The summed E-state index contributed by atoms with van der Waals surface area (Å²) in [6.45, 7) is 2.60. The minimum absolute atomic E-state index is 0.338. The normalized spacial score (nSPS) is 21.5. The monoisotopic (exact) mass is 326 g/mol. The number of carboxylic acids is 1. The summed E-state index contributed by atoms with van der Waals surface area (Å²) in [5, 5.41) is 14.8. The molecule has 0 radical (unpaired) electrons. The molecule has 0 saturated carbocycles. The molecule has 0 aromatic heterocycles. The topological polar surface area (TPSA) is 105 Å². The second kappa shape index (κ2) is 6.33. The molecule has 1 aliphatic heterocycles. The van der Waals surface area contributed by atoms with Crippen molar-refractivity contribution in [3.63, 3.8) is 0 Å². The number of carboxylic acid groups (broad SMARTS) is 1. The van der Waals surface area contributed by atoms with Crippen LogP contribution in [0.2, 0.25) is 5.02 Å². The molecule has 1 aliphatic rings. The van der Waals surface area contributed by atoms with Gasteiger partial charge in [-0.05, 0) is 19.1 Å². The van der Waals surface area contributed by atoms with Crippen molar-refractivity contribution in [1.82, 2.24) is 5.32 Å². The Labute approximate surface area is 131 Å². The second-order valence-electron chi connectivity index (χ2n) is 4.92. The third-order valence-corrected chi connectivity index (χ3v) is 3.61. The van der Waals surface area contributed by atoms with Crippen LogP contribution in [0, 0.1) is 0 Å². The van der Waals surface area contributed by atoms with E-state index >= 15 is 0 Å². The van der Waals surface area contributed by atoms with Gasteiger partial charge in [-0.15, -0.1) is 0 Å². The number of amides is 1. The summed E-state index contributed by atoms with van der Waals surface area (Å²) in [5.41, 5.74) is 0.944. The van der Waals surface area contributed by atoms with Gasteiger partial charge in [-0.25, -0.2) is 0 Å². The lowest BCUT2D eigenvalue weighted by Crippen LogP contribution is -2.50. The number of esters is 1. The van der Waals surface area contributed by atoms with Crippen molar-refractivity contribution < 1.29 is 24.2 Å². The quantitative estimate of drug-likeness (QED) is 0.721. The van der Waals surface area contributed by atoms with Crippen molar-refractivity contribution in [1.29, 1.82) is 0 Å². The van der Waals surface area contributed by atoms with Crippen molar-refractivity contribution >= 4 is 35.1 Å². The van der Waals surface area contributed by atoms with E-state index in [1.165, 1.54) is 13.8 Å². The average molecular weight is 327 g/mol. The van der Waals surface area contributed by atoms with Crippen molar-refractivity contribution in [3.8, 4) is 0 Å². The summed E-state index contributed by atoms with van der Waals surface area (Å²) >= 11 is 6.17. The highest BCUT2D eigenvalue weighted by atomic mass is 35.5. The standard InChI is InChI=1S/C14H15ClN2O5/c1-6(14(20)21)16-11-10-8(15)4-3-5-9(10)17-13(19)12(11)22-7(2)18/h3-6,11-12,16H,1-2H3,(H,17,19)(H,20,21). The van der Waals surface area contributed by atoms with Crippen LogP contribution in [-0.2, 0) is 19.1 Å². The van der Waals surface area contributed by atoms with E-state index in [1.54, 1.807) is 18.2 Å².